The number of aromatic amines is 2. The highest BCUT2D eigenvalue weighted by atomic mass is 16.2. The third-order valence-corrected chi connectivity index (χ3v) is 12.6. The highest BCUT2D eigenvalue weighted by Crippen LogP contribution is 2.20. The van der Waals surface area contributed by atoms with Gasteiger partial charge >= 0.3 is 0 Å². The molecule has 1 fully saturated rings. The molecule has 2 unspecified atom stereocenters. The van der Waals surface area contributed by atoms with Gasteiger partial charge in [0.1, 0.15) is 42.3 Å². The Kier molecular flexibility index (Phi) is 22.6. The van der Waals surface area contributed by atoms with Crippen LogP contribution in [-0.2, 0) is 62.4 Å². The first kappa shape index (κ1) is 57.6. The molecule has 2 aromatic carbocycles. The molecule has 24 nitrogen and oxygen atoms in total. The number of para-hydroxylation sites is 1. The Balaban J connectivity index is 1.54. The quantitative estimate of drug-likeness (QED) is 0.0349. The number of fused-ring (bicyclic) bond motifs is 1. The lowest BCUT2D eigenvalue weighted by Gasteiger charge is -2.28. The van der Waals surface area contributed by atoms with Crippen molar-refractivity contribution in [2.75, 3.05) is 13.1 Å². The van der Waals surface area contributed by atoms with Crippen molar-refractivity contribution < 1.29 is 43.2 Å². The molecular formula is C51H71N15O9. The summed E-state index contributed by atoms with van der Waals surface area (Å²) in [4.78, 5) is 139. The minimum Gasteiger partial charge on any atom is -0.370 e. The highest BCUT2D eigenvalue weighted by molar-refractivity contribution is 5.99. The lowest BCUT2D eigenvalue weighted by molar-refractivity contribution is -0.136. The zero-order valence-electron chi connectivity index (χ0n) is 42.4. The number of primary amides is 1. The van der Waals surface area contributed by atoms with E-state index in [-0.39, 0.29) is 64.0 Å². The lowest BCUT2D eigenvalue weighted by atomic mass is 10.0. The molecule has 75 heavy (non-hydrogen) atoms. The highest BCUT2D eigenvalue weighted by Gasteiger charge is 2.35. The largest absolute Gasteiger partial charge is 0.370 e. The molecule has 0 saturated carbocycles. The van der Waals surface area contributed by atoms with Gasteiger partial charge in [-0.1, -0.05) is 81.1 Å². The van der Waals surface area contributed by atoms with Crippen LogP contribution in [-0.4, -0.2) is 129 Å². The molecule has 2 aromatic heterocycles. The Morgan fingerprint density at radius 2 is 1.40 bits per heavy atom. The number of aliphatic imine (C=N–C) groups is 1. The van der Waals surface area contributed by atoms with Gasteiger partial charge in [-0.15, -0.1) is 0 Å². The van der Waals surface area contributed by atoms with Gasteiger partial charge in [-0.25, -0.2) is 4.98 Å². The molecule has 16 N–H and O–H groups in total. The number of rotatable bonds is 17. The van der Waals surface area contributed by atoms with Crippen LogP contribution in [0, 0.1) is 0 Å². The standard InChI is InChI=1S/C51H71N15O9/c1-3-4-17-37(60-30(2)67)45(70)66-42-26-43(68)56-21-12-6-9-19-36(44(52)69)61-48(73)40(24-32-27-58-35-18-11-10-16-34(32)35)64-46(71)38(20-13-22-57-51(53)54)62-47(72)39(23-31-14-7-5-8-15-31)63-49(74)41(65-50(42)75)25-33-28-55-29-59-33/h5,7-8,10-11,14-16,18,27-29,36-42,58H,3-4,6,9,12-13,17,19-26H2,1-2H3,(H2,52,69)(H,55,59)(H,56,68)(H,60,67)(H,61,73)(H,62,72)(H,63,74)(H,64,71)(H,65,75)(H,66,70)(H4,53,54,57)/t36-,37-,38-,39-,40-,41?,42?/m0/s1. The predicted molar refractivity (Wildman–Crippen MR) is 278 cm³/mol. The van der Waals surface area contributed by atoms with Crippen molar-refractivity contribution in [1.82, 2.24) is 57.5 Å². The van der Waals surface area contributed by atoms with Gasteiger partial charge in [-0.3, -0.25) is 48.1 Å². The van der Waals surface area contributed by atoms with E-state index in [4.69, 9.17) is 17.2 Å². The number of H-pyrrole nitrogens is 2. The number of unbranched alkanes of at least 4 members (excludes halogenated alkanes) is 1. The Hall–Kier alpha value is -8.31. The van der Waals surface area contributed by atoms with Crippen molar-refractivity contribution in [3.63, 3.8) is 0 Å². The summed E-state index contributed by atoms with van der Waals surface area (Å²) in [5.74, 6) is -6.96. The zero-order chi connectivity index (χ0) is 54.3. The minimum atomic E-state index is -1.56. The number of imidazole rings is 1. The van der Waals surface area contributed by atoms with Crippen LogP contribution in [0.2, 0.25) is 0 Å². The summed E-state index contributed by atoms with van der Waals surface area (Å²) in [6, 6.07) is 6.81. The van der Waals surface area contributed by atoms with Crippen molar-refractivity contribution in [3.8, 4) is 0 Å². The van der Waals surface area contributed by atoms with Gasteiger partial charge in [0, 0.05) is 68.3 Å². The average Bonchev–Trinajstić information content (AvgIpc) is 4.05. The molecule has 0 radical (unpaired) electrons. The van der Waals surface area contributed by atoms with Crippen molar-refractivity contribution >= 4 is 70.0 Å². The van der Waals surface area contributed by atoms with Gasteiger partial charge in [-0.05, 0) is 49.3 Å². The maximum Gasteiger partial charge on any atom is 0.243 e. The number of nitrogens with zero attached hydrogens (tertiary/aromatic N) is 2. The minimum absolute atomic E-state index is 0.0448. The number of benzene rings is 2. The summed E-state index contributed by atoms with van der Waals surface area (Å²) < 4.78 is 0. The number of nitrogens with one attached hydrogen (secondary N) is 10. The molecule has 1 aliphatic heterocycles. The van der Waals surface area contributed by atoms with Crippen LogP contribution in [0.5, 0.6) is 0 Å². The van der Waals surface area contributed by atoms with Crippen LogP contribution in [0.4, 0.5) is 0 Å². The monoisotopic (exact) mass is 1040 g/mol. The van der Waals surface area contributed by atoms with Crippen molar-refractivity contribution in [3.05, 3.63) is 90.1 Å². The first-order valence-corrected chi connectivity index (χ1v) is 25.3. The SMILES string of the molecule is CCCC[C@H](NC(C)=O)C(=O)NC1CC(=O)NCCCCC[C@@H](C(N)=O)NC(=O)[C@H](Cc2c[nH]c3ccccc23)NC(=O)[C@H](CCCN=C(N)N)NC(=O)[C@H](Cc2ccccc2)NC(=O)C(Cc2cnc[nH]2)NC1=O. The Morgan fingerprint density at radius 1 is 0.747 bits per heavy atom. The van der Waals surface area contributed by atoms with Crippen molar-refractivity contribution in [2.24, 2.45) is 22.2 Å². The van der Waals surface area contributed by atoms with Crippen molar-refractivity contribution in [1.29, 1.82) is 0 Å². The topological polar surface area (TPSA) is 385 Å². The lowest BCUT2D eigenvalue weighted by Crippen LogP contribution is -2.61. The molecule has 5 rings (SSSR count). The summed E-state index contributed by atoms with van der Waals surface area (Å²) in [6.45, 7) is 3.35. The zero-order valence-corrected chi connectivity index (χ0v) is 42.4. The van der Waals surface area contributed by atoms with Crippen molar-refractivity contribution in [2.45, 2.75) is 140 Å². The average molecular weight is 1040 g/mol. The molecule has 0 aliphatic carbocycles. The van der Waals surface area contributed by atoms with E-state index in [1.54, 1.807) is 36.5 Å². The molecule has 9 amide bonds. The van der Waals surface area contributed by atoms with E-state index in [0.29, 0.717) is 48.9 Å². The van der Waals surface area contributed by atoms with E-state index in [1.165, 1.54) is 19.4 Å². The molecule has 0 bridgehead atoms. The molecule has 3 heterocycles. The van der Waals surface area contributed by atoms with E-state index in [1.807, 2.05) is 31.2 Å². The fourth-order valence-corrected chi connectivity index (χ4v) is 8.57. The van der Waals surface area contributed by atoms with E-state index >= 15 is 0 Å². The van der Waals surface area contributed by atoms with Gasteiger partial charge in [0.25, 0.3) is 0 Å². The van der Waals surface area contributed by atoms with Crippen LogP contribution in [0.25, 0.3) is 10.9 Å². The molecule has 0 spiro atoms. The summed E-state index contributed by atoms with van der Waals surface area (Å²) in [7, 11) is 0. The van der Waals surface area contributed by atoms with E-state index in [2.05, 4.69) is 62.5 Å². The number of nitrogens with two attached hydrogens (primary N) is 3. The Morgan fingerprint density at radius 3 is 2.08 bits per heavy atom. The fraction of sp³-hybridized carbons (Fsp3) is 0.471. The maximum absolute atomic E-state index is 14.7. The number of hydrogen-bond donors (Lipinski definition) is 13. The Labute approximate surface area is 434 Å². The van der Waals surface area contributed by atoms with Crippen LogP contribution >= 0.6 is 0 Å². The van der Waals surface area contributed by atoms with Gasteiger partial charge < -0.3 is 69.7 Å². The number of carbonyl (C=O) groups excluding carboxylic acids is 9. The first-order chi connectivity index (χ1) is 36.0. The van der Waals surface area contributed by atoms with E-state index < -0.39 is 102 Å². The Bertz CT molecular complexity index is 2600. The van der Waals surface area contributed by atoms with Gasteiger partial charge in [-0.2, -0.15) is 0 Å². The number of guanidine groups is 1. The van der Waals surface area contributed by atoms with Crippen LogP contribution in [0.3, 0.4) is 0 Å². The summed E-state index contributed by atoms with van der Waals surface area (Å²) in [6.07, 6.45) is 6.57. The van der Waals surface area contributed by atoms with E-state index in [9.17, 15) is 43.2 Å². The number of hydrogen-bond acceptors (Lipinski definition) is 11. The summed E-state index contributed by atoms with van der Waals surface area (Å²) in [5, 5.41) is 22.5. The molecular weight excluding hydrogens is 967 g/mol. The smallest absolute Gasteiger partial charge is 0.243 e. The fourth-order valence-electron chi connectivity index (χ4n) is 8.57. The maximum atomic E-state index is 14.7. The normalized spacial score (nSPS) is 21.4. The molecule has 1 saturated heterocycles. The molecule has 7 atom stereocenters. The van der Waals surface area contributed by atoms with Crippen LogP contribution in [0.15, 0.2) is 78.3 Å². The third-order valence-electron chi connectivity index (χ3n) is 12.6. The summed E-state index contributed by atoms with van der Waals surface area (Å²) in [5.41, 5.74) is 19.5. The van der Waals surface area contributed by atoms with Crippen LogP contribution < -0.4 is 59.7 Å². The van der Waals surface area contributed by atoms with E-state index in [0.717, 1.165) is 10.9 Å². The second-order valence-electron chi connectivity index (χ2n) is 18.6. The second kappa shape index (κ2) is 29.4. The first-order valence-electron chi connectivity index (χ1n) is 25.3. The second-order valence-corrected chi connectivity index (χ2v) is 18.6. The molecule has 4 aromatic rings. The number of carbonyl (C=O) groups is 9. The predicted octanol–water partition coefficient (Wildman–Crippen LogP) is -0.858. The number of aromatic nitrogens is 3. The number of amides is 9. The molecule has 24 heteroatoms. The van der Waals surface area contributed by atoms with Gasteiger partial charge in [0.2, 0.25) is 53.2 Å². The van der Waals surface area contributed by atoms with Gasteiger partial charge in [0.05, 0.1) is 12.7 Å². The third kappa shape index (κ3) is 18.9. The summed E-state index contributed by atoms with van der Waals surface area (Å²) >= 11 is 0. The van der Waals surface area contributed by atoms with Crippen LogP contribution in [0.1, 0.15) is 94.9 Å². The van der Waals surface area contributed by atoms with Gasteiger partial charge in [0.15, 0.2) is 5.96 Å². The molecule has 404 valence electrons. The molecule has 1 aliphatic rings.